The van der Waals surface area contributed by atoms with Crippen LogP contribution in [0.5, 0.6) is 0 Å². The van der Waals surface area contributed by atoms with Gasteiger partial charge in [0.05, 0.1) is 6.10 Å². The van der Waals surface area contributed by atoms with Gasteiger partial charge in [-0.3, -0.25) is 4.79 Å². The molecule has 1 fully saturated rings. The first-order valence-corrected chi connectivity index (χ1v) is 3.36. The number of aliphatic hydroxyl groups is 1. The van der Waals surface area contributed by atoms with E-state index in [0.717, 1.165) is 6.42 Å². The van der Waals surface area contributed by atoms with Crippen LogP contribution < -0.4 is 5.32 Å². The lowest BCUT2D eigenvalue weighted by Crippen LogP contribution is -2.49. The Morgan fingerprint density at radius 1 is 1.60 bits per heavy atom. The van der Waals surface area contributed by atoms with E-state index in [1.54, 1.807) is 0 Å². The van der Waals surface area contributed by atoms with Crippen molar-refractivity contribution in [2.75, 3.05) is 6.54 Å². The molecule has 0 unspecified atom stereocenters. The third kappa shape index (κ3) is 1.46. The second-order valence-corrected chi connectivity index (χ2v) is 2.48. The Bertz CT molecular complexity index is 137. The Balaban J connectivity index is 2.47. The van der Waals surface area contributed by atoms with Crippen molar-refractivity contribution in [2.24, 2.45) is 0 Å². The highest BCUT2D eigenvalue weighted by molar-refractivity contribution is 5.74. The second kappa shape index (κ2) is 2.98. The molecule has 1 aliphatic rings. The van der Waals surface area contributed by atoms with E-state index in [2.05, 4.69) is 5.32 Å². The molecule has 0 aliphatic carbocycles. The molecule has 58 valence electrons. The summed E-state index contributed by atoms with van der Waals surface area (Å²) in [4.78, 5) is 10.3. The summed E-state index contributed by atoms with van der Waals surface area (Å²) in [5, 5.41) is 20.3. The Kier molecular flexibility index (Phi) is 2.24. The molecule has 0 amide bonds. The highest BCUT2D eigenvalue weighted by Gasteiger charge is 2.28. The van der Waals surface area contributed by atoms with Crippen molar-refractivity contribution in [2.45, 2.75) is 25.0 Å². The molecule has 0 saturated carbocycles. The van der Waals surface area contributed by atoms with Gasteiger partial charge in [0.2, 0.25) is 0 Å². The Morgan fingerprint density at radius 2 is 2.30 bits per heavy atom. The molecule has 0 spiro atoms. The first-order chi connectivity index (χ1) is 4.72. The van der Waals surface area contributed by atoms with Gasteiger partial charge >= 0.3 is 5.97 Å². The predicted molar refractivity (Wildman–Crippen MR) is 34.7 cm³/mol. The van der Waals surface area contributed by atoms with Crippen molar-refractivity contribution in [1.82, 2.24) is 5.32 Å². The minimum atomic E-state index is -0.966. The standard InChI is InChI=1S/C6H11NO3/c8-4-2-1-3-7-5(4)6(9)10/h4-5,7-8H,1-3H2,(H,9,10)/t4-,5-/m0/s1. The summed E-state index contributed by atoms with van der Waals surface area (Å²) in [6, 6.07) is -0.756. The fraction of sp³-hybridized carbons (Fsp3) is 0.833. The van der Waals surface area contributed by atoms with Crippen molar-refractivity contribution in [1.29, 1.82) is 0 Å². The van der Waals surface area contributed by atoms with Crippen LogP contribution >= 0.6 is 0 Å². The number of hydrogen-bond acceptors (Lipinski definition) is 3. The molecule has 10 heavy (non-hydrogen) atoms. The zero-order valence-corrected chi connectivity index (χ0v) is 5.58. The van der Waals surface area contributed by atoms with E-state index < -0.39 is 18.1 Å². The maximum Gasteiger partial charge on any atom is 0.323 e. The molecule has 0 radical (unpaired) electrons. The van der Waals surface area contributed by atoms with Gasteiger partial charge in [-0.2, -0.15) is 0 Å². The number of hydrogen-bond donors (Lipinski definition) is 3. The van der Waals surface area contributed by atoms with E-state index in [1.807, 2.05) is 0 Å². The second-order valence-electron chi connectivity index (χ2n) is 2.48. The third-order valence-corrected chi connectivity index (χ3v) is 1.69. The Morgan fingerprint density at radius 3 is 2.70 bits per heavy atom. The molecular formula is C6H11NO3. The maximum absolute atomic E-state index is 10.3. The Labute approximate surface area is 58.9 Å². The van der Waals surface area contributed by atoms with Crippen LogP contribution in [-0.2, 0) is 4.79 Å². The quantitative estimate of drug-likeness (QED) is 0.451. The minimum absolute atomic E-state index is 0.587. The van der Waals surface area contributed by atoms with Gasteiger partial charge in [0.25, 0.3) is 0 Å². The normalized spacial score (nSPS) is 33.7. The maximum atomic E-state index is 10.3. The van der Waals surface area contributed by atoms with E-state index >= 15 is 0 Å². The SMILES string of the molecule is O=C(O)[C@H]1NCCC[C@@H]1O. The molecule has 0 aromatic rings. The number of rotatable bonds is 1. The molecular weight excluding hydrogens is 134 g/mol. The highest BCUT2D eigenvalue weighted by atomic mass is 16.4. The molecule has 0 aromatic carbocycles. The van der Waals surface area contributed by atoms with Crippen molar-refractivity contribution in [3.8, 4) is 0 Å². The van der Waals surface area contributed by atoms with Crippen molar-refractivity contribution >= 4 is 5.97 Å². The molecule has 2 atom stereocenters. The highest BCUT2D eigenvalue weighted by Crippen LogP contribution is 2.07. The lowest BCUT2D eigenvalue weighted by Gasteiger charge is -2.24. The van der Waals surface area contributed by atoms with Gasteiger partial charge in [-0.15, -0.1) is 0 Å². The lowest BCUT2D eigenvalue weighted by molar-refractivity contribution is -0.143. The summed E-state index contributed by atoms with van der Waals surface area (Å²) >= 11 is 0. The molecule has 1 aliphatic heterocycles. The van der Waals surface area contributed by atoms with Crippen molar-refractivity contribution in [3.63, 3.8) is 0 Å². The van der Waals surface area contributed by atoms with Crippen LogP contribution in [-0.4, -0.2) is 34.9 Å². The molecule has 1 saturated heterocycles. The van der Waals surface area contributed by atoms with Gasteiger partial charge in [-0.1, -0.05) is 0 Å². The zero-order chi connectivity index (χ0) is 7.56. The summed E-state index contributed by atoms with van der Waals surface area (Å²) < 4.78 is 0. The number of aliphatic carboxylic acids is 1. The van der Waals surface area contributed by atoms with E-state index in [1.165, 1.54) is 0 Å². The number of carboxylic acids is 1. The number of nitrogens with one attached hydrogen (secondary N) is 1. The van der Waals surface area contributed by atoms with Gasteiger partial charge < -0.3 is 15.5 Å². The first kappa shape index (κ1) is 7.50. The zero-order valence-electron chi connectivity index (χ0n) is 5.58. The number of aliphatic hydroxyl groups excluding tert-OH is 1. The molecule has 1 rings (SSSR count). The average Bonchev–Trinajstić information content (AvgIpc) is 1.88. The first-order valence-electron chi connectivity index (χ1n) is 3.36. The van der Waals surface area contributed by atoms with Crippen LogP contribution in [0.1, 0.15) is 12.8 Å². The summed E-state index contributed by atoms with van der Waals surface area (Å²) in [5.41, 5.74) is 0. The Hall–Kier alpha value is -0.610. The largest absolute Gasteiger partial charge is 0.480 e. The molecule has 0 bridgehead atoms. The number of carbonyl (C=O) groups is 1. The van der Waals surface area contributed by atoms with Crippen molar-refractivity contribution in [3.05, 3.63) is 0 Å². The monoisotopic (exact) mass is 145 g/mol. The van der Waals surface area contributed by atoms with Crippen LogP contribution in [0.4, 0.5) is 0 Å². The van der Waals surface area contributed by atoms with Gasteiger partial charge in [0, 0.05) is 0 Å². The summed E-state index contributed by atoms with van der Waals surface area (Å²) in [6.07, 6.45) is 0.723. The van der Waals surface area contributed by atoms with Crippen LogP contribution in [0.25, 0.3) is 0 Å². The number of carboxylic acid groups (broad SMARTS) is 1. The van der Waals surface area contributed by atoms with E-state index in [4.69, 9.17) is 10.2 Å². The van der Waals surface area contributed by atoms with Crippen LogP contribution in [0.2, 0.25) is 0 Å². The fourth-order valence-corrected chi connectivity index (χ4v) is 1.12. The van der Waals surface area contributed by atoms with Gasteiger partial charge in [-0.25, -0.2) is 0 Å². The molecule has 0 aromatic heterocycles. The minimum Gasteiger partial charge on any atom is -0.480 e. The smallest absolute Gasteiger partial charge is 0.323 e. The molecule has 1 heterocycles. The predicted octanol–water partition coefficient (Wildman–Crippen LogP) is -0.816. The number of piperidine rings is 1. The van der Waals surface area contributed by atoms with Gasteiger partial charge in [0.1, 0.15) is 6.04 Å². The molecule has 4 heteroatoms. The van der Waals surface area contributed by atoms with E-state index in [0.29, 0.717) is 13.0 Å². The van der Waals surface area contributed by atoms with Crippen molar-refractivity contribution < 1.29 is 15.0 Å². The molecule has 4 nitrogen and oxygen atoms in total. The summed E-state index contributed by atoms with van der Waals surface area (Å²) in [6.45, 7) is 0.689. The summed E-state index contributed by atoms with van der Waals surface area (Å²) in [7, 11) is 0. The van der Waals surface area contributed by atoms with E-state index in [-0.39, 0.29) is 0 Å². The molecule has 3 N–H and O–H groups in total. The topological polar surface area (TPSA) is 69.6 Å². The van der Waals surface area contributed by atoms with Gasteiger partial charge in [-0.05, 0) is 19.4 Å². The van der Waals surface area contributed by atoms with E-state index in [9.17, 15) is 4.79 Å². The van der Waals surface area contributed by atoms with Gasteiger partial charge in [0.15, 0.2) is 0 Å². The van der Waals surface area contributed by atoms with Crippen LogP contribution in [0.15, 0.2) is 0 Å². The average molecular weight is 145 g/mol. The van der Waals surface area contributed by atoms with Crippen LogP contribution in [0, 0.1) is 0 Å². The fourth-order valence-electron chi connectivity index (χ4n) is 1.12. The summed E-state index contributed by atoms with van der Waals surface area (Å²) in [5.74, 6) is -0.966. The lowest BCUT2D eigenvalue weighted by atomic mass is 10.0. The third-order valence-electron chi connectivity index (χ3n) is 1.69. The van der Waals surface area contributed by atoms with Crippen LogP contribution in [0.3, 0.4) is 0 Å².